The first-order chi connectivity index (χ1) is 18.4. The number of hydrogen-bond acceptors (Lipinski definition) is 7. The van der Waals surface area contributed by atoms with Gasteiger partial charge in [-0.2, -0.15) is 9.61 Å². The summed E-state index contributed by atoms with van der Waals surface area (Å²) in [7, 11) is 3.23. The molecule has 38 heavy (non-hydrogen) atoms. The highest BCUT2D eigenvalue weighted by molar-refractivity contribution is 6.39. The summed E-state index contributed by atoms with van der Waals surface area (Å²) in [5, 5.41) is 12.7. The fourth-order valence-electron chi connectivity index (χ4n) is 4.35. The van der Waals surface area contributed by atoms with Crippen LogP contribution in [-0.2, 0) is 6.42 Å². The lowest BCUT2D eigenvalue weighted by molar-refractivity contribution is 0.310. The normalized spacial score (nSPS) is 11.1. The highest BCUT2D eigenvalue weighted by Crippen LogP contribution is 2.41. The number of methoxy groups -OCH3 is 2. The molecular formula is C28H33Cl2N5O3. The van der Waals surface area contributed by atoms with Crippen molar-refractivity contribution in [3.05, 3.63) is 63.4 Å². The lowest BCUT2D eigenvalue weighted by Gasteiger charge is -2.12. The van der Waals surface area contributed by atoms with Crippen LogP contribution in [0.3, 0.4) is 0 Å². The average molecular weight is 559 g/mol. The number of nitrogens with zero attached hydrogens (tertiary/aromatic N) is 3. The molecule has 0 fully saturated rings. The first-order valence-electron chi connectivity index (χ1n) is 12.5. The molecule has 0 aliphatic heterocycles. The second kappa shape index (κ2) is 12.6. The van der Waals surface area contributed by atoms with E-state index in [1.807, 2.05) is 39.0 Å². The minimum absolute atomic E-state index is 0.486. The fraction of sp³-hybridized carbons (Fsp3) is 0.357. The van der Waals surface area contributed by atoms with E-state index in [4.69, 9.17) is 47.5 Å². The number of aromatic nitrogens is 3. The highest BCUT2D eigenvalue weighted by Gasteiger charge is 2.21. The lowest BCUT2D eigenvalue weighted by atomic mass is 10.1. The maximum absolute atomic E-state index is 6.61. The Morgan fingerprint density at radius 1 is 0.895 bits per heavy atom. The van der Waals surface area contributed by atoms with E-state index in [9.17, 15) is 0 Å². The van der Waals surface area contributed by atoms with Crippen molar-refractivity contribution in [2.24, 2.45) is 0 Å². The molecule has 202 valence electrons. The number of nitrogens with one attached hydrogen (secondary N) is 2. The largest absolute Gasteiger partial charge is 0.497 e. The number of rotatable bonds is 12. The number of anilines is 1. The van der Waals surface area contributed by atoms with E-state index in [2.05, 4.69) is 16.7 Å². The smallest absolute Gasteiger partial charge is 0.165 e. The molecule has 0 atom stereocenters. The van der Waals surface area contributed by atoms with Crippen molar-refractivity contribution in [2.75, 3.05) is 45.8 Å². The highest BCUT2D eigenvalue weighted by atomic mass is 35.5. The lowest BCUT2D eigenvalue weighted by Crippen LogP contribution is -2.25. The molecule has 2 aromatic heterocycles. The molecule has 2 heterocycles. The van der Waals surface area contributed by atoms with Gasteiger partial charge in [-0.3, -0.25) is 0 Å². The van der Waals surface area contributed by atoms with Crippen molar-refractivity contribution < 1.29 is 14.2 Å². The Balaban J connectivity index is 1.43. The Morgan fingerprint density at radius 3 is 2.34 bits per heavy atom. The van der Waals surface area contributed by atoms with Crippen LogP contribution in [0, 0.1) is 13.8 Å². The van der Waals surface area contributed by atoms with Crippen LogP contribution in [-0.4, -0.2) is 55.1 Å². The van der Waals surface area contributed by atoms with Crippen LogP contribution in [0.2, 0.25) is 10.0 Å². The van der Waals surface area contributed by atoms with Crippen LogP contribution in [0.5, 0.6) is 17.2 Å². The van der Waals surface area contributed by atoms with Crippen LogP contribution < -0.4 is 24.8 Å². The summed E-state index contributed by atoms with van der Waals surface area (Å²) < 4.78 is 18.1. The molecule has 0 aliphatic carbocycles. The van der Waals surface area contributed by atoms with Gasteiger partial charge in [-0.05, 0) is 63.6 Å². The summed E-state index contributed by atoms with van der Waals surface area (Å²) in [6.07, 6.45) is 0.883. The molecule has 0 spiro atoms. The van der Waals surface area contributed by atoms with Gasteiger partial charge in [0.1, 0.15) is 11.6 Å². The Hall–Kier alpha value is -3.20. The predicted molar refractivity (Wildman–Crippen MR) is 154 cm³/mol. The van der Waals surface area contributed by atoms with Gasteiger partial charge >= 0.3 is 0 Å². The zero-order valence-corrected chi connectivity index (χ0v) is 23.8. The van der Waals surface area contributed by atoms with E-state index >= 15 is 0 Å². The van der Waals surface area contributed by atoms with Crippen molar-refractivity contribution in [1.82, 2.24) is 19.9 Å². The summed E-state index contributed by atoms with van der Waals surface area (Å²) >= 11 is 13.2. The fourth-order valence-corrected chi connectivity index (χ4v) is 5.01. The van der Waals surface area contributed by atoms with Crippen molar-refractivity contribution >= 4 is 34.7 Å². The standard InChI is InChI=1S/C28H33Cl2N5O3/c1-6-38-24-14-19(7-8-23(24)37-5)9-10-31-11-12-32-25-13-17(2)33-28-26(18(3)34-35(25)28)27-21(29)15-20(36-4)16-22(27)30/h7-8,13-16,31-32H,6,9-12H2,1-5H3. The molecule has 0 amide bonds. The predicted octanol–water partition coefficient (Wildman–Crippen LogP) is 5.98. The van der Waals surface area contributed by atoms with Crippen LogP contribution in [0.1, 0.15) is 23.9 Å². The van der Waals surface area contributed by atoms with Gasteiger partial charge in [0.25, 0.3) is 0 Å². The summed E-state index contributed by atoms with van der Waals surface area (Å²) in [4.78, 5) is 4.76. The molecule has 0 aliphatic rings. The second-order valence-electron chi connectivity index (χ2n) is 8.79. The summed E-state index contributed by atoms with van der Waals surface area (Å²) in [5.41, 5.74) is 5.02. The van der Waals surface area contributed by atoms with E-state index in [1.54, 1.807) is 30.9 Å². The Morgan fingerprint density at radius 2 is 1.66 bits per heavy atom. The first kappa shape index (κ1) is 27.8. The molecule has 2 aromatic carbocycles. The molecule has 10 heteroatoms. The maximum Gasteiger partial charge on any atom is 0.165 e. The van der Waals surface area contributed by atoms with E-state index in [0.717, 1.165) is 53.8 Å². The van der Waals surface area contributed by atoms with Gasteiger partial charge in [0.05, 0.1) is 42.1 Å². The third kappa shape index (κ3) is 6.09. The van der Waals surface area contributed by atoms with E-state index in [0.29, 0.717) is 40.2 Å². The zero-order chi connectivity index (χ0) is 27.2. The summed E-state index contributed by atoms with van der Waals surface area (Å²) in [5.74, 6) is 2.97. The molecule has 0 saturated heterocycles. The van der Waals surface area contributed by atoms with E-state index in [1.165, 1.54) is 5.56 Å². The number of aryl methyl sites for hydroxylation is 2. The topological polar surface area (TPSA) is 81.9 Å². The number of fused-ring (bicyclic) bond motifs is 1. The van der Waals surface area contributed by atoms with Gasteiger partial charge in [0, 0.05) is 30.4 Å². The molecule has 0 radical (unpaired) electrons. The molecule has 0 unspecified atom stereocenters. The minimum atomic E-state index is 0.486. The summed E-state index contributed by atoms with van der Waals surface area (Å²) in [6, 6.07) is 11.5. The van der Waals surface area contributed by atoms with Gasteiger partial charge in [-0.1, -0.05) is 29.3 Å². The van der Waals surface area contributed by atoms with Gasteiger partial charge in [0.15, 0.2) is 17.1 Å². The molecule has 0 saturated carbocycles. The third-order valence-corrected chi connectivity index (χ3v) is 6.72. The monoisotopic (exact) mass is 557 g/mol. The molecule has 4 rings (SSSR count). The molecule has 0 bridgehead atoms. The summed E-state index contributed by atoms with van der Waals surface area (Å²) in [6.45, 7) is 8.78. The van der Waals surface area contributed by atoms with Crippen LogP contribution >= 0.6 is 23.2 Å². The second-order valence-corrected chi connectivity index (χ2v) is 9.60. The van der Waals surface area contributed by atoms with Gasteiger partial charge < -0.3 is 24.8 Å². The molecular weight excluding hydrogens is 525 g/mol. The molecule has 8 nitrogen and oxygen atoms in total. The van der Waals surface area contributed by atoms with Crippen molar-refractivity contribution in [3.63, 3.8) is 0 Å². The molecule has 2 N–H and O–H groups in total. The number of ether oxygens (including phenoxy) is 3. The van der Waals surface area contributed by atoms with Crippen LogP contribution in [0.15, 0.2) is 36.4 Å². The number of hydrogen-bond donors (Lipinski definition) is 2. The van der Waals surface area contributed by atoms with E-state index < -0.39 is 0 Å². The minimum Gasteiger partial charge on any atom is -0.497 e. The van der Waals surface area contributed by atoms with Gasteiger partial charge in [0.2, 0.25) is 0 Å². The van der Waals surface area contributed by atoms with Crippen molar-refractivity contribution in [3.8, 4) is 28.4 Å². The Bertz CT molecular complexity index is 1400. The van der Waals surface area contributed by atoms with Crippen LogP contribution in [0.25, 0.3) is 16.8 Å². The first-order valence-corrected chi connectivity index (χ1v) is 13.3. The Labute approximate surface area is 233 Å². The Kier molecular flexibility index (Phi) is 9.20. The maximum atomic E-state index is 6.61. The van der Waals surface area contributed by atoms with Gasteiger partial charge in [-0.15, -0.1) is 0 Å². The van der Waals surface area contributed by atoms with Crippen molar-refractivity contribution in [2.45, 2.75) is 27.2 Å². The van der Waals surface area contributed by atoms with Crippen molar-refractivity contribution in [1.29, 1.82) is 0 Å². The quantitative estimate of drug-likeness (QED) is 0.207. The zero-order valence-electron chi connectivity index (χ0n) is 22.3. The van der Waals surface area contributed by atoms with Crippen LogP contribution in [0.4, 0.5) is 5.82 Å². The third-order valence-electron chi connectivity index (χ3n) is 6.12. The SMILES string of the molecule is CCOc1cc(CCNCCNc2cc(C)nc3c(-c4c(Cl)cc(OC)cc4Cl)c(C)nn23)ccc1OC. The average Bonchev–Trinajstić information content (AvgIpc) is 3.21. The number of benzene rings is 2. The molecule has 4 aromatic rings. The van der Waals surface area contributed by atoms with E-state index in [-0.39, 0.29) is 0 Å². The number of halogens is 2. The van der Waals surface area contributed by atoms with Gasteiger partial charge in [-0.25, -0.2) is 4.98 Å².